The first-order valence-corrected chi connectivity index (χ1v) is 8.68. The highest BCUT2D eigenvalue weighted by Crippen LogP contribution is 2.54. The molecule has 2 heterocycles. The van der Waals surface area contributed by atoms with Gasteiger partial charge in [-0.1, -0.05) is 0 Å². The molecule has 1 saturated heterocycles. The summed E-state index contributed by atoms with van der Waals surface area (Å²) in [5.74, 6) is 1.95. The summed E-state index contributed by atoms with van der Waals surface area (Å²) >= 11 is 0. The third-order valence-electron chi connectivity index (χ3n) is 5.48. The maximum atomic E-state index is 5.72. The molecule has 2 fully saturated rings. The lowest BCUT2D eigenvalue weighted by Crippen LogP contribution is -2.48. The van der Waals surface area contributed by atoms with Crippen LogP contribution >= 0.6 is 0 Å². The van der Waals surface area contributed by atoms with Crippen molar-refractivity contribution >= 4 is 11.5 Å². The van der Waals surface area contributed by atoms with Crippen molar-refractivity contribution in [2.75, 3.05) is 30.3 Å². The topological polar surface area (TPSA) is 51.4 Å². The molecular formula is C18H29N3O. The Morgan fingerprint density at radius 3 is 2.68 bits per heavy atom. The number of hydrogen-bond donors (Lipinski definition) is 1. The lowest BCUT2D eigenvalue weighted by molar-refractivity contribution is -0.0171. The van der Waals surface area contributed by atoms with Crippen LogP contribution in [0.5, 0.6) is 0 Å². The molecule has 0 radical (unpaired) electrons. The van der Waals surface area contributed by atoms with E-state index in [-0.39, 0.29) is 0 Å². The zero-order chi connectivity index (χ0) is 15.6. The fourth-order valence-electron chi connectivity index (χ4n) is 4.36. The Balaban J connectivity index is 1.46. The van der Waals surface area contributed by atoms with Gasteiger partial charge in [0.1, 0.15) is 5.82 Å². The maximum Gasteiger partial charge on any atom is 0.128 e. The van der Waals surface area contributed by atoms with Crippen molar-refractivity contribution in [3.8, 4) is 0 Å². The summed E-state index contributed by atoms with van der Waals surface area (Å²) in [5, 5.41) is 0. The standard InChI is InChI=1S/C18H29N3O/c1-3-22-14(2)10-15-11-18(12-15)6-8-21(9-7-18)17-5-4-16(19)13-20-17/h4-5,13-15H,3,6-12,19H2,1-2H3. The summed E-state index contributed by atoms with van der Waals surface area (Å²) in [6, 6.07) is 3.99. The van der Waals surface area contributed by atoms with E-state index in [1.165, 1.54) is 32.1 Å². The molecule has 1 spiro atoms. The number of nitrogens with two attached hydrogens (primary N) is 1. The predicted molar refractivity (Wildman–Crippen MR) is 91.0 cm³/mol. The first-order chi connectivity index (χ1) is 10.6. The molecule has 1 saturated carbocycles. The summed E-state index contributed by atoms with van der Waals surface area (Å²) in [6.07, 6.45) is 8.82. The van der Waals surface area contributed by atoms with Crippen LogP contribution in [0.2, 0.25) is 0 Å². The Morgan fingerprint density at radius 1 is 1.36 bits per heavy atom. The molecule has 22 heavy (non-hydrogen) atoms. The van der Waals surface area contributed by atoms with E-state index in [0.29, 0.717) is 11.5 Å². The van der Waals surface area contributed by atoms with E-state index >= 15 is 0 Å². The Morgan fingerprint density at radius 2 is 2.09 bits per heavy atom. The van der Waals surface area contributed by atoms with Crippen molar-refractivity contribution in [1.29, 1.82) is 0 Å². The number of nitrogen functional groups attached to an aromatic ring is 1. The molecule has 0 aromatic carbocycles. The average Bonchev–Trinajstić information content (AvgIpc) is 2.48. The summed E-state index contributed by atoms with van der Waals surface area (Å²) in [7, 11) is 0. The van der Waals surface area contributed by atoms with Crippen molar-refractivity contribution < 1.29 is 4.74 Å². The average molecular weight is 303 g/mol. The summed E-state index contributed by atoms with van der Waals surface area (Å²) < 4.78 is 5.68. The van der Waals surface area contributed by atoms with Crippen LogP contribution < -0.4 is 10.6 Å². The molecule has 1 aliphatic carbocycles. The number of rotatable bonds is 5. The molecule has 1 aliphatic heterocycles. The van der Waals surface area contributed by atoms with E-state index in [9.17, 15) is 0 Å². The number of anilines is 2. The predicted octanol–water partition coefficient (Wildman–Crippen LogP) is 3.48. The zero-order valence-corrected chi connectivity index (χ0v) is 13.9. The lowest BCUT2D eigenvalue weighted by atomic mass is 9.56. The van der Waals surface area contributed by atoms with Crippen LogP contribution in [0.1, 0.15) is 46.0 Å². The summed E-state index contributed by atoms with van der Waals surface area (Å²) in [6.45, 7) is 7.39. The SMILES string of the molecule is CCOC(C)CC1CC2(CCN(c3ccc(N)cn3)CC2)C1. The Kier molecular flexibility index (Phi) is 4.57. The number of hydrogen-bond acceptors (Lipinski definition) is 4. The number of aromatic nitrogens is 1. The molecule has 0 bridgehead atoms. The van der Waals surface area contributed by atoms with E-state index < -0.39 is 0 Å². The van der Waals surface area contributed by atoms with Gasteiger partial charge in [-0.2, -0.15) is 0 Å². The van der Waals surface area contributed by atoms with Crippen molar-refractivity contribution in [2.45, 2.75) is 52.1 Å². The molecule has 4 heteroatoms. The van der Waals surface area contributed by atoms with Gasteiger partial charge in [-0.15, -0.1) is 0 Å². The second-order valence-electron chi connectivity index (χ2n) is 7.21. The third-order valence-corrected chi connectivity index (χ3v) is 5.48. The maximum absolute atomic E-state index is 5.72. The van der Waals surface area contributed by atoms with Crippen molar-refractivity contribution in [2.24, 2.45) is 11.3 Å². The van der Waals surface area contributed by atoms with Gasteiger partial charge in [0.05, 0.1) is 18.0 Å². The molecule has 3 rings (SSSR count). The van der Waals surface area contributed by atoms with Crippen LogP contribution in [0.15, 0.2) is 18.3 Å². The smallest absolute Gasteiger partial charge is 0.128 e. The van der Waals surface area contributed by atoms with Crippen LogP contribution in [-0.2, 0) is 4.74 Å². The minimum atomic E-state index is 0.423. The molecule has 2 aliphatic rings. The van der Waals surface area contributed by atoms with Gasteiger partial charge in [-0.05, 0) is 69.4 Å². The largest absolute Gasteiger partial charge is 0.397 e. The molecule has 0 amide bonds. The van der Waals surface area contributed by atoms with Gasteiger partial charge in [-0.3, -0.25) is 0 Å². The normalized spacial score (nSPS) is 22.5. The molecule has 4 nitrogen and oxygen atoms in total. The zero-order valence-electron chi connectivity index (χ0n) is 13.9. The van der Waals surface area contributed by atoms with E-state index in [2.05, 4.69) is 23.7 Å². The van der Waals surface area contributed by atoms with Gasteiger partial charge >= 0.3 is 0 Å². The summed E-state index contributed by atoms with van der Waals surface area (Å²) in [4.78, 5) is 6.86. The number of pyridine rings is 1. The minimum absolute atomic E-state index is 0.423. The molecule has 1 atom stereocenters. The second-order valence-corrected chi connectivity index (χ2v) is 7.21. The Labute approximate surface area is 134 Å². The monoisotopic (exact) mass is 303 g/mol. The van der Waals surface area contributed by atoms with E-state index in [4.69, 9.17) is 10.5 Å². The Bertz CT molecular complexity index is 472. The van der Waals surface area contributed by atoms with Gasteiger partial charge in [-0.25, -0.2) is 4.98 Å². The van der Waals surface area contributed by atoms with E-state index in [0.717, 1.165) is 37.1 Å². The Hall–Kier alpha value is -1.29. The highest BCUT2D eigenvalue weighted by molar-refractivity contribution is 5.46. The molecule has 1 unspecified atom stereocenters. The number of piperidine rings is 1. The third kappa shape index (κ3) is 3.37. The highest BCUT2D eigenvalue weighted by atomic mass is 16.5. The second kappa shape index (κ2) is 6.45. The van der Waals surface area contributed by atoms with Crippen LogP contribution in [-0.4, -0.2) is 30.8 Å². The van der Waals surface area contributed by atoms with Crippen molar-refractivity contribution in [1.82, 2.24) is 4.98 Å². The van der Waals surface area contributed by atoms with Crippen molar-refractivity contribution in [3.05, 3.63) is 18.3 Å². The van der Waals surface area contributed by atoms with E-state index in [1.54, 1.807) is 6.20 Å². The van der Waals surface area contributed by atoms with Gasteiger partial charge in [0, 0.05) is 19.7 Å². The van der Waals surface area contributed by atoms with Crippen molar-refractivity contribution in [3.63, 3.8) is 0 Å². The molecule has 1 aromatic heterocycles. The quantitative estimate of drug-likeness (QED) is 0.905. The fraction of sp³-hybridized carbons (Fsp3) is 0.722. The van der Waals surface area contributed by atoms with E-state index in [1.807, 2.05) is 12.1 Å². The van der Waals surface area contributed by atoms with Crippen LogP contribution in [0, 0.1) is 11.3 Å². The fourth-order valence-corrected chi connectivity index (χ4v) is 4.36. The number of nitrogens with zero attached hydrogens (tertiary/aromatic N) is 2. The first-order valence-electron chi connectivity index (χ1n) is 8.68. The van der Waals surface area contributed by atoms with Gasteiger partial charge in [0.2, 0.25) is 0 Å². The lowest BCUT2D eigenvalue weighted by Gasteiger charge is -2.53. The van der Waals surface area contributed by atoms with Crippen LogP contribution in [0.4, 0.5) is 11.5 Å². The van der Waals surface area contributed by atoms with Crippen LogP contribution in [0.25, 0.3) is 0 Å². The first kappa shape index (κ1) is 15.6. The van der Waals surface area contributed by atoms with Gasteiger partial charge in [0.15, 0.2) is 0 Å². The van der Waals surface area contributed by atoms with Gasteiger partial charge in [0.25, 0.3) is 0 Å². The molecule has 122 valence electrons. The highest BCUT2D eigenvalue weighted by Gasteiger charge is 2.45. The molecule has 2 N–H and O–H groups in total. The summed E-state index contributed by atoms with van der Waals surface area (Å²) in [5.41, 5.74) is 7.07. The molecular weight excluding hydrogens is 274 g/mol. The minimum Gasteiger partial charge on any atom is -0.397 e. The van der Waals surface area contributed by atoms with Gasteiger partial charge < -0.3 is 15.4 Å². The molecule has 1 aromatic rings. The number of ether oxygens (including phenoxy) is 1. The van der Waals surface area contributed by atoms with Crippen LogP contribution in [0.3, 0.4) is 0 Å².